The smallest absolute Gasteiger partial charge is 0.0672 e. The first-order valence-electron chi connectivity index (χ1n) is 7.59. The van der Waals surface area contributed by atoms with E-state index in [0.717, 1.165) is 12.3 Å². The molecule has 0 aromatic rings. The van der Waals surface area contributed by atoms with Gasteiger partial charge in [0.1, 0.15) is 0 Å². The Hall–Kier alpha value is -0.550. The van der Waals surface area contributed by atoms with Gasteiger partial charge in [-0.15, -0.1) is 0 Å². The predicted molar refractivity (Wildman–Crippen MR) is 75.1 cm³/mol. The molecule has 2 nitrogen and oxygen atoms in total. The van der Waals surface area contributed by atoms with Crippen molar-refractivity contribution in [3.05, 3.63) is 0 Å². The Morgan fingerprint density at radius 2 is 1.89 bits per heavy atom. The van der Waals surface area contributed by atoms with Crippen LogP contribution in [-0.2, 0) is 0 Å². The zero-order chi connectivity index (χ0) is 13.3. The van der Waals surface area contributed by atoms with Crippen LogP contribution < -0.4 is 0 Å². The highest BCUT2D eigenvalue weighted by Gasteiger charge is 2.40. The molecule has 2 heteroatoms. The summed E-state index contributed by atoms with van der Waals surface area (Å²) in [6, 6.07) is 3.79. The fourth-order valence-electron chi connectivity index (χ4n) is 3.90. The molecule has 2 fully saturated rings. The van der Waals surface area contributed by atoms with Crippen molar-refractivity contribution in [2.45, 2.75) is 71.9 Å². The summed E-state index contributed by atoms with van der Waals surface area (Å²) in [6.45, 7) is 10.6. The van der Waals surface area contributed by atoms with Crippen LogP contribution in [0, 0.1) is 28.6 Å². The lowest BCUT2D eigenvalue weighted by Gasteiger charge is -2.44. The second kappa shape index (κ2) is 5.21. The van der Waals surface area contributed by atoms with Crippen molar-refractivity contribution in [1.29, 1.82) is 5.26 Å². The van der Waals surface area contributed by atoms with Crippen LogP contribution in [0.1, 0.15) is 59.8 Å². The summed E-state index contributed by atoms with van der Waals surface area (Å²) in [5.41, 5.74) is 0.391. The van der Waals surface area contributed by atoms with Gasteiger partial charge in [0, 0.05) is 12.1 Å². The maximum atomic E-state index is 9.42. The molecule has 1 aliphatic carbocycles. The van der Waals surface area contributed by atoms with Crippen LogP contribution in [-0.4, -0.2) is 23.5 Å². The summed E-state index contributed by atoms with van der Waals surface area (Å²) in [6.07, 6.45) is 6.20. The van der Waals surface area contributed by atoms with Crippen LogP contribution in [0.15, 0.2) is 0 Å². The Kier molecular flexibility index (Phi) is 4.02. The van der Waals surface area contributed by atoms with Crippen molar-refractivity contribution in [3.63, 3.8) is 0 Å². The molecule has 0 amide bonds. The first-order valence-corrected chi connectivity index (χ1v) is 7.59. The van der Waals surface area contributed by atoms with Gasteiger partial charge in [0.15, 0.2) is 0 Å². The first kappa shape index (κ1) is 13.9. The average molecular weight is 248 g/mol. The quantitative estimate of drug-likeness (QED) is 0.705. The zero-order valence-corrected chi connectivity index (χ0v) is 12.4. The summed E-state index contributed by atoms with van der Waals surface area (Å²) in [4.78, 5) is 2.63. The van der Waals surface area contributed by atoms with Gasteiger partial charge in [-0.1, -0.05) is 20.8 Å². The molecule has 0 aromatic carbocycles. The van der Waals surface area contributed by atoms with Gasteiger partial charge in [0.25, 0.3) is 0 Å². The minimum Gasteiger partial charge on any atom is -0.296 e. The molecule has 102 valence electrons. The normalized spacial score (nSPS) is 38.6. The second-order valence-corrected chi connectivity index (χ2v) is 7.41. The van der Waals surface area contributed by atoms with Gasteiger partial charge in [-0.2, -0.15) is 5.26 Å². The molecule has 2 aliphatic rings. The molecule has 1 aliphatic heterocycles. The Labute approximate surface area is 112 Å². The Bertz CT molecular complexity index is 323. The van der Waals surface area contributed by atoms with Crippen molar-refractivity contribution in [2.24, 2.45) is 17.3 Å². The van der Waals surface area contributed by atoms with Crippen LogP contribution in [0.5, 0.6) is 0 Å². The minimum atomic E-state index is 0.268. The largest absolute Gasteiger partial charge is 0.296 e. The topological polar surface area (TPSA) is 27.0 Å². The third-order valence-electron chi connectivity index (χ3n) is 5.24. The highest BCUT2D eigenvalue weighted by molar-refractivity contribution is 5.01. The van der Waals surface area contributed by atoms with Gasteiger partial charge < -0.3 is 0 Å². The van der Waals surface area contributed by atoms with Crippen molar-refractivity contribution >= 4 is 0 Å². The third kappa shape index (κ3) is 2.72. The summed E-state index contributed by atoms with van der Waals surface area (Å²) in [5, 5.41) is 9.42. The monoisotopic (exact) mass is 248 g/mol. The maximum absolute atomic E-state index is 9.42. The molecule has 0 N–H and O–H groups in total. The minimum absolute atomic E-state index is 0.268. The molecule has 1 saturated carbocycles. The van der Waals surface area contributed by atoms with E-state index >= 15 is 0 Å². The van der Waals surface area contributed by atoms with Crippen molar-refractivity contribution in [1.82, 2.24) is 4.90 Å². The molecule has 0 aromatic heterocycles. The highest BCUT2D eigenvalue weighted by atomic mass is 15.2. The SMILES string of the molecule is CC1CCCN1C1CC(C(C)(C)C)CCC1C#N. The third-order valence-corrected chi connectivity index (χ3v) is 5.24. The predicted octanol–water partition coefficient (Wildman–Crippen LogP) is 3.83. The van der Waals surface area contributed by atoms with Gasteiger partial charge in [-0.05, 0) is 56.9 Å². The molecule has 2 rings (SSSR count). The number of hydrogen-bond donors (Lipinski definition) is 0. The summed E-state index contributed by atoms with van der Waals surface area (Å²) >= 11 is 0. The van der Waals surface area contributed by atoms with E-state index in [1.54, 1.807) is 0 Å². The molecular weight excluding hydrogens is 220 g/mol. The first-order chi connectivity index (χ1) is 8.43. The molecule has 18 heavy (non-hydrogen) atoms. The highest BCUT2D eigenvalue weighted by Crippen LogP contribution is 2.42. The lowest BCUT2D eigenvalue weighted by atomic mass is 9.67. The number of hydrogen-bond acceptors (Lipinski definition) is 2. The Morgan fingerprint density at radius 3 is 2.39 bits per heavy atom. The van der Waals surface area contributed by atoms with Crippen molar-refractivity contribution in [3.8, 4) is 6.07 Å². The van der Waals surface area contributed by atoms with Gasteiger partial charge in [0.2, 0.25) is 0 Å². The van der Waals surface area contributed by atoms with Crippen LogP contribution in [0.25, 0.3) is 0 Å². The maximum Gasteiger partial charge on any atom is 0.0672 e. The van der Waals surface area contributed by atoms with E-state index in [1.165, 1.54) is 32.2 Å². The number of likely N-dealkylation sites (tertiary alicyclic amines) is 1. The molecule has 0 radical (unpaired) electrons. The van der Waals surface area contributed by atoms with E-state index in [2.05, 4.69) is 38.7 Å². The average Bonchev–Trinajstić information content (AvgIpc) is 2.73. The van der Waals surface area contributed by atoms with Crippen molar-refractivity contribution in [2.75, 3.05) is 6.54 Å². The van der Waals surface area contributed by atoms with E-state index in [0.29, 0.717) is 17.5 Å². The lowest BCUT2D eigenvalue weighted by molar-refractivity contribution is 0.0567. The van der Waals surface area contributed by atoms with E-state index in [-0.39, 0.29) is 5.92 Å². The number of nitrogens with zero attached hydrogens (tertiary/aromatic N) is 2. The molecule has 4 atom stereocenters. The van der Waals surface area contributed by atoms with Gasteiger partial charge >= 0.3 is 0 Å². The fraction of sp³-hybridized carbons (Fsp3) is 0.938. The van der Waals surface area contributed by atoms with Gasteiger partial charge in [0.05, 0.1) is 12.0 Å². The standard InChI is InChI=1S/C16H28N2/c1-12-6-5-9-18(12)15-10-14(16(2,3)4)8-7-13(15)11-17/h12-15H,5-10H2,1-4H3. The zero-order valence-electron chi connectivity index (χ0n) is 12.4. The second-order valence-electron chi connectivity index (χ2n) is 7.41. The summed E-state index contributed by atoms with van der Waals surface area (Å²) in [7, 11) is 0. The summed E-state index contributed by atoms with van der Waals surface area (Å²) < 4.78 is 0. The lowest BCUT2D eigenvalue weighted by Crippen LogP contribution is -2.47. The molecule has 0 bridgehead atoms. The van der Waals surface area contributed by atoms with E-state index < -0.39 is 0 Å². The van der Waals surface area contributed by atoms with E-state index in [4.69, 9.17) is 0 Å². The van der Waals surface area contributed by atoms with Crippen LogP contribution in [0.2, 0.25) is 0 Å². The van der Waals surface area contributed by atoms with Crippen LogP contribution in [0.3, 0.4) is 0 Å². The van der Waals surface area contributed by atoms with Crippen molar-refractivity contribution < 1.29 is 0 Å². The Balaban J connectivity index is 2.11. The fourth-order valence-corrected chi connectivity index (χ4v) is 3.90. The van der Waals surface area contributed by atoms with Crippen LogP contribution in [0.4, 0.5) is 0 Å². The molecule has 4 unspecified atom stereocenters. The van der Waals surface area contributed by atoms with Gasteiger partial charge in [-0.25, -0.2) is 0 Å². The van der Waals surface area contributed by atoms with E-state index in [1.807, 2.05) is 0 Å². The molecule has 1 saturated heterocycles. The Morgan fingerprint density at radius 1 is 1.17 bits per heavy atom. The van der Waals surface area contributed by atoms with Crippen LogP contribution >= 0.6 is 0 Å². The van der Waals surface area contributed by atoms with Gasteiger partial charge in [-0.3, -0.25) is 4.90 Å². The van der Waals surface area contributed by atoms with E-state index in [9.17, 15) is 5.26 Å². The molecule has 0 spiro atoms. The summed E-state index contributed by atoms with van der Waals surface area (Å²) in [5.74, 6) is 1.05. The molecular formula is C16H28N2. The number of rotatable bonds is 1. The number of nitriles is 1. The molecule has 1 heterocycles.